The minimum atomic E-state index is -0.718. The van der Waals surface area contributed by atoms with Crippen molar-refractivity contribution in [1.82, 2.24) is 5.32 Å². The van der Waals surface area contributed by atoms with Crippen LogP contribution in [0.25, 0.3) is 0 Å². The lowest BCUT2D eigenvalue weighted by Gasteiger charge is -2.33. The Kier molecular flexibility index (Phi) is 5.11. The molecule has 0 bridgehead atoms. The maximum Gasteiger partial charge on any atom is 0.410 e. The summed E-state index contributed by atoms with van der Waals surface area (Å²) in [5.74, 6) is -0.277. The normalized spacial score (nSPS) is 26.5. The molecule has 6 heteroatoms. The van der Waals surface area contributed by atoms with E-state index in [4.69, 9.17) is 14.2 Å². The number of hydrogen-bond acceptors (Lipinski definition) is 5. The number of allylic oxidation sites excluding steroid dienone is 1. The minimum absolute atomic E-state index is 0.0656. The third-order valence-electron chi connectivity index (χ3n) is 3.97. The first-order valence-electron chi connectivity index (χ1n) is 7.49. The van der Waals surface area contributed by atoms with Crippen LogP contribution in [0.3, 0.4) is 0 Å². The predicted octanol–water partition coefficient (Wildman–Crippen LogP) is 2.36. The summed E-state index contributed by atoms with van der Waals surface area (Å²) in [5, 5.41) is 2.70. The van der Waals surface area contributed by atoms with Gasteiger partial charge in [0.1, 0.15) is 0 Å². The van der Waals surface area contributed by atoms with Gasteiger partial charge in [-0.3, -0.25) is 0 Å². The first-order chi connectivity index (χ1) is 10.4. The molecule has 3 atom stereocenters. The van der Waals surface area contributed by atoms with Crippen LogP contribution in [0, 0.1) is 17.8 Å². The minimum Gasteiger partial charge on any atom is -0.466 e. The Bertz CT molecular complexity index is 509. The van der Waals surface area contributed by atoms with Gasteiger partial charge in [0.15, 0.2) is 0 Å². The number of amides is 1. The van der Waals surface area contributed by atoms with Gasteiger partial charge in [-0.15, -0.1) is 0 Å². The van der Waals surface area contributed by atoms with Crippen LogP contribution in [0.1, 0.15) is 27.2 Å². The third-order valence-corrected chi connectivity index (χ3v) is 3.97. The zero-order chi connectivity index (χ0) is 16.3. The van der Waals surface area contributed by atoms with Gasteiger partial charge in [0, 0.05) is 12.5 Å². The zero-order valence-corrected chi connectivity index (χ0v) is 13.4. The third kappa shape index (κ3) is 3.43. The molecular formula is C16H23NO5. The van der Waals surface area contributed by atoms with Crippen molar-refractivity contribution in [2.45, 2.75) is 33.5 Å². The molecule has 0 radical (unpaired) electrons. The van der Waals surface area contributed by atoms with Gasteiger partial charge in [-0.05, 0) is 19.3 Å². The molecule has 1 aliphatic carbocycles. The second-order valence-corrected chi connectivity index (χ2v) is 6.07. The molecule has 0 spiro atoms. The molecule has 1 aliphatic heterocycles. The van der Waals surface area contributed by atoms with E-state index in [1.807, 2.05) is 26.8 Å². The lowest BCUT2D eigenvalue weighted by atomic mass is 9.84. The summed E-state index contributed by atoms with van der Waals surface area (Å²) in [6.07, 6.45) is 2.90. The van der Waals surface area contributed by atoms with E-state index in [0.717, 1.165) is 5.57 Å². The van der Waals surface area contributed by atoms with Gasteiger partial charge < -0.3 is 19.5 Å². The highest BCUT2D eigenvalue weighted by atomic mass is 16.7. The Morgan fingerprint density at radius 2 is 2.18 bits per heavy atom. The van der Waals surface area contributed by atoms with Gasteiger partial charge in [0.2, 0.25) is 0 Å². The molecule has 0 aromatic carbocycles. The van der Waals surface area contributed by atoms with Crippen molar-refractivity contribution in [2.24, 2.45) is 17.8 Å². The van der Waals surface area contributed by atoms with Crippen LogP contribution in [0.4, 0.5) is 4.79 Å². The molecule has 0 saturated heterocycles. The van der Waals surface area contributed by atoms with Crippen LogP contribution < -0.4 is 5.32 Å². The molecule has 0 fully saturated rings. The molecule has 6 nitrogen and oxygen atoms in total. The fourth-order valence-electron chi connectivity index (χ4n) is 2.80. The van der Waals surface area contributed by atoms with E-state index in [2.05, 4.69) is 5.32 Å². The summed E-state index contributed by atoms with van der Waals surface area (Å²) < 4.78 is 15.7. The van der Waals surface area contributed by atoms with Crippen molar-refractivity contribution >= 4 is 12.1 Å². The maximum absolute atomic E-state index is 11.8. The number of carbonyl (C=O) groups excluding carboxylic acids is 2. The van der Waals surface area contributed by atoms with E-state index in [-0.39, 0.29) is 11.8 Å². The maximum atomic E-state index is 11.8. The van der Waals surface area contributed by atoms with Gasteiger partial charge in [0.25, 0.3) is 6.29 Å². The average molecular weight is 309 g/mol. The Balaban J connectivity index is 2.07. The number of rotatable bonds is 4. The summed E-state index contributed by atoms with van der Waals surface area (Å²) in [5.41, 5.74) is 1.55. The number of hydrogen-bond donors (Lipinski definition) is 1. The Morgan fingerprint density at radius 3 is 2.82 bits per heavy atom. The van der Waals surface area contributed by atoms with Crippen LogP contribution in [0.15, 0.2) is 23.5 Å². The van der Waals surface area contributed by atoms with Crippen molar-refractivity contribution in [2.75, 3.05) is 13.7 Å². The molecule has 122 valence electrons. The molecule has 2 aliphatic rings. The second kappa shape index (κ2) is 6.85. The van der Waals surface area contributed by atoms with E-state index in [1.165, 1.54) is 13.4 Å². The van der Waals surface area contributed by atoms with Crippen LogP contribution >= 0.6 is 0 Å². The van der Waals surface area contributed by atoms with E-state index < -0.39 is 18.4 Å². The summed E-state index contributed by atoms with van der Waals surface area (Å²) in [4.78, 5) is 23.6. The second-order valence-electron chi connectivity index (χ2n) is 6.07. The SMILES string of the molecule is COC(=O)C1=COC(OC(=O)NCC(C)C)C2C(C)=CCC12. The van der Waals surface area contributed by atoms with E-state index in [1.54, 1.807) is 0 Å². The Hall–Kier alpha value is -1.98. The highest BCUT2D eigenvalue weighted by Crippen LogP contribution is 2.43. The van der Waals surface area contributed by atoms with Crippen molar-refractivity contribution in [3.05, 3.63) is 23.5 Å². The lowest BCUT2D eigenvalue weighted by molar-refractivity contribution is -0.141. The van der Waals surface area contributed by atoms with E-state index >= 15 is 0 Å². The number of esters is 1. The summed E-state index contributed by atoms with van der Waals surface area (Å²) >= 11 is 0. The Labute approximate surface area is 130 Å². The van der Waals surface area contributed by atoms with Crippen LogP contribution in [-0.4, -0.2) is 32.0 Å². The summed E-state index contributed by atoms with van der Waals surface area (Å²) in [6, 6.07) is 0. The van der Waals surface area contributed by atoms with Gasteiger partial charge in [0.05, 0.1) is 24.9 Å². The first kappa shape index (κ1) is 16.4. The van der Waals surface area contributed by atoms with Gasteiger partial charge in [-0.25, -0.2) is 9.59 Å². The molecule has 1 amide bonds. The largest absolute Gasteiger partial charge is 0.466 e. The summed E-state index contributed by atoms with van der Waals surface area (Å²) in [6.45, 7) is 6.50. The van der Waals surface area contributed by atoms with Crippen LogP contribution in [-0.2, 0) is 19.0 Å². The Morgan fingerprint density at radius 1 is 1.45 bits per heavy atom. The molecule has 0 aromatic heterocycles. The van der Waals surface area contributed by atoms with Crippen molar-refractivity contribution < 1.29 is 23.8 Å². The standard InChI is InChI=1S/C16H23NO5/c1-9(2)7-17-16(19)22-15-13-10(3)5-6-11(13)12(8-21-15)14(18)20-4/h5,8-9,11,13,15H,6-7H2,1-4H3,(H,17,19). The highest BCUT2D eigenvalue weighted by molar-refractivity contribution is 5.89. The van der Waals surface area contributed by atoms with Crippen LogP contribution in [0.5, 0.6) is 0 Å². The highest BCUT2D eigenvalue weighted by Gasteiger charge is 2.44. The van der Waals surface area contributed by atoms with E-state index in [0.29, 0.717) is 24.5 Å². The molecule has 3 unspecified atom stereocenters. The molecule has 0 saturated carbocycles. The lowest BCUT2D eigenvalue weighted by Crippen LogP contribution is -2.40. The monoisotopic (exact) mass is 309 g/mol. The van der Waals surface area contributed by atoms with Crippen molar-refractivity contribution in [1.29, 1.82) is 0 Å². The molecule has 2 rings (SSSR count). The molecule has 22 heavy (non-hydrogen) atoms. The summed E-state index contributed by atoms with van der Waals surface area (Å²) in [7, 11) is 1.34. The number of ether oxygens (including phenoxy) is 3. The van der Waals surface area contributed by atoms with Crippen molar-refractivity contribution in [3.8, 4) is 0 Å². The van der Waals surface area contributed by atoms with E-state index in [9.17, 15) is 9.59 Å². The predicted molar refractivity (Wildman–Crippen MR) is 79.6 cm³/mol. The zero-order valence-electron chi connectivity index (χ0n) is 13.4. The first-order valence-corrected chi connectivity index (χ1v) is 7.49. The quantitative estimate of drug-likeness (QED) is 0.637. The number of fused-ring (bicyclic) bond motifs is 1. The number of methoxy groups -OCH3 is 1. The number of alkyl carbamates (subject to hydrolysis) is 1. The topological polar surface area (TPSA) is 73.9 Å². The fraction of sp³-hybridized carbons (Fsp3) is 0.625. The average Bonchev–Trinajstić information content (AvgIpc) is 2.87. The van der Waals surface area contributed by atoms with Crippen LogP contribution in [0.2, 0.25) is 0 Å². The van der Waals surface area contributed by atoms with Crippen molar-refractivity contribution in [3.63, 3.8) is 0 Å². The van der Waals surface area contributed by atoms with Gasteiger partial charge in [-0.2, -0.15) is 0 Å². The molecule has 1 heterocycles. The van der Waals surface area contributed by atoms with Gasteiger partial charge >= 0.3 is 12.1 Å². The number of carbonyl (C=O) groups is 2. The molecule has 0 aromatic rings. The fourth-order valence-corrected chi connectivity index (χ4v) is 2.80. The van der Waals surface area contributed by atoms with Gasteiger partial charge in [-0.1, -0.05) is 25.5 Å². The number of nitrogens with one attached hydrogen (secondary N) is 1. The molecule has 1 N–H and O–H groups in total. The smallest absolute Gasteiger partial charge is 0.410 e. The molecular weight excluding hydrogens is 286 g/mol.